The van der Waals surface area contributed by atoms with E-state index in [1.54, 1.807) is 48.6 Å². The van der Waals surface area contributed by atoms with Crippen LogP contribution >= 0.6 is 15.9 Å². The maximum absolute atomic E-state index is 12.5. The highest BCUT2D eigenvalue weighted by Crippen LogP contribution is 2.16. The number of hydrogen-bond acceptors (Lipinski definition) is 4. The largest absolute Gasteiger partial charge is 0.344 e. The molecule has 3 rings (SSSR count). The van der Waals surface area contributed by atoms with E-state index in [-0.39, 0.29) is 17.9 Å². The summed E-state index contributed by atoms with van der Waals surface area (Å²) in [6.07, 6.45) is 3.55. The van der Waals surface area contributed by atoms with Crippen LogP contribution < -0.4 is 11.1 Å². The van der Waals surface area contributed by atoms with Gasteiger partial charge in [-0.1, -0.05) is 40.2 Å². The lowest BCUT2D eigenvalue weighted by Gasteiger charge is -2.22. The predicted molar refractivity (Wildman–Crippen MR) is 121 cm³/mol. The number of anilines is 1. The minimum Gasteiger partial charge on any atom is -0.344 e. The fourth-order valence-corrected chi connectivity index (χ4v) is 3.43. The fourth-order valence-electron chi connectivity index (χ4n) is 2.98. The number of carbonyl (C=O) groups is 2. The minimum absolute atomic E-state index is 0.00287. The molecule has 0 fully saturated rings. The van der Waals surface area contributed by atoms with Crippen LogP contribution in [0.4, 0.5) is 5.69 Å². The third-order valence-electron chi connectivity index (χ3n) is 4.68. The third kappa shape index (κ3) is 5.98. The van der Waals surface area contributed by atoms with Crippen molar-refractivity contribution in [2.45, 2.75) is 12.5 Å². The summed E-state index contributed by atoms with van der Waals surface area (Å²) in [5.74, 6) is -0.209. The van der Waals surface area contributed by atoms with Gasteiger partial charge in [-0.15, -0.1) is 0 Å². The Morgan fingerprint density at radius 2 is 1.80 bits per heavy atom. The molecule has 154 valence electrons. The summed E-state index contributed by atoms with van der Waals surface area (Å²) in [5.41, 5.74) is 9.31. The van der Waals surface area contributed by atoms with Gasteiger partial charge in [0.1, 0.15) is 0 Å². The zero-order valence-corrected chi connectivity index (χ0v) is 18.2. The number of nitrogens with two attached hydrogens (primary N) is 1. The maximum atomic E-state index is 12.5. The fraction of sp³-hybridized carbons (Fsp3) is 0.174. The quantitative estimate of drug-likeness (QED) is 0.554. The van der Waals surface area contributed by atoms with Gasteiger partial charge in [-0.2, -0.15) is 0 Å². The Morgan fingerprint density at radius 3 is 2.47 bits per heavy atom. The normalized spacial score (nSPS) is 11.6. The number of nitrogens with one attached hydrogen (secondary N) is 1. The molecule has 1 aromatic heterocycles. The van der Waals surface area contributed by atoms with Crippen LogP contribution in [0.3, 0.4) is 0 Å². The lowest BCUT2D eigenvalue weighted by Crippen LogP contribution is -2.35. The summed E-state index contributed by atoms with van der Waals surface area (Å²) in [6.45, 7) is 0.384. The Labute approximate surface area is 184 Å². The first-order valence-electron chi connectivity index (χ1n) is 9.47. The highest BCUT2D eigenvalue weighted by Gasteiger charge is 2.15. The van der Waals surface area contributed by atoms with Crippen LogP contribution in [-0.2, 0) is 11.2 Å². The van der Waals surface area contributed by atoms with Gasteiger partial charge in [-0.3, -0.25) is 14.6 Å². The molecule has 6 nitrogen and oxygen atoms in total. The second-order valence-corrected chi connectivity index (χ2v) is 7.92. The Hall–Kier alpha value is -3.03. The van der Waals surface area contributed by atoms with E-state index in [1.165, 1.54) is 0 Å². The van der Waals surface area contributed by atoms with Gasteiger partial charge < -0.3 is 16.0 Å². The van der Waals surface area contributed by atoms with Crippen molar-refractivity contribution in [3.05, 3.63) is 94.2 Å². The van der Waals surface area contributed by atoms with Gasteiger partial charge in [-0.05, 0) is 47.5 Å². The molecule has 0 saturated carbocycles. The molecule has 0 bridgehead atoms. The number of amides is 2. The summed E-state index contributed by atoms with van der Waals surface area (Å²) in [7, 11) is 1.75. The van der Waals surface area contributed by atoms with Gasteiger partial charge in [0, 0.05) is 47.8 Å². The van der Waals surface area contributed by atoms with Gasteiger partial charge in [0.05, 0.1) is 6.42 Å². The molecule has 3 aromatic rings. The molecule has 2 amide bonds. The molecule has 0 radical (unpaired) electrons. The molecule has 3 N–H and O–H groups in total. The van der Waals surface area contributed by atoms with Gasteiger partial charge >= 0.3 is 0 Å². The maximum Gasteiger partial charge on any atom is 0.255 e. The highest BCUT2D eigenvalue weighted by molar-refractivity contribution is 9.10. The monoisotopic (exact) mass is 466 g/mol. The van der Waals surface area contributed by atoms with E-state index in [2.05, 4.69) is 26.2 Å². The van der Waals surface area contributed by atoms with Crippen molar-refractivity contribution in [1.29, 1.82) is 0 Å². The molecule has 0 saturated heterocycles. The zero-order chi connectivity index (χ0) is 21.5. The summed E-state index contributed by atoms with van der Waals surface area (Å²) in [5, 5.41) is 2.81. The molecule has 0 spiro atoms. The molecule has 30 heavy (non-hydrogen) atoms. The van der Waals surface area contributed by atoms with Gasteiger partial charge in [0.2, 0.25) is 5.91 Å². The smallest absolute Gasteiger partial charge is 0.255 e. The number of likely N-dealkylation sites (N-methyl/N-ethyl adjacent to an activating group) is 1. The number of pyridine rings is 1. The summed E-state index contributed by atoms with van der Waals surface area (Å²) < 4.78 is 0.945. The standard InChI is InChI=1S/C23H23BrN4O2/c1-28(22(29)14-16-3-2-4-19(24)13-16)15-21(25)17-5-7-18(8-6-17)23(30)27-20-9-11-26-12-10-20/h2-13,21H,14-15,25H2,1H3,(H,26,27,30). The van der Waals surface area contributed by atoms with Crippen LogP contribution in [0.5, 0.6) is 0 Å². The number of rotatable bonds is 7. The van der Waals surface area contributed by atoms with Crippen molar-refractivity contribution in [2.75, 3.05) is 18.9 Å². The van der Waals surface area contributed by atoms with Gasteiger partial charge in [0.25, 0.3) is 5.91 Å². The zero-order valence-electron chi connectivity index (χ0n) is 16.6. The van der Waals surface area contributed by atoms with E-state index in [1.807, 2.05) is 36.4 Å². The Bertz CT molecular complexity index is 1010. The van der Waals surface area contributed by atoms with Crippen LogP contribution in [0.15, 0.2) is 77.5 Å². The topological polar surface area (TPSA) is 88.3 Å². The van der Waals surface area contributed by atoms with Crippen molar-refractivity contribution in [1.82, 2.24) is 9.88 Å². The second-order valence-electron chi connectivity index (χ2n) is 7.00. The van der Waals surface area contributed by atoms with Crippen LogP contribution in [0.2, 0.25) is 0 Å². The molecule has 2 aromatic carbocycles. The van der Waals surface area contributed by atoms with Crippen molar-refractivity contribution in [3.8, 4) is 0 Å². The lowest BCUT2D eigenvalue weighted by atomic mass is 10.0. The number of carbonyl (C=O) groups excluding carboxylic acids is 2. The van der Waals surface area contributed by atoms with E-state index in [9.17, 15) is 9.59 Å². The molecule has 1 unspecified atom stereocenters. The summed E-state index contributed by atoms with van der Waals surface area (Å²) in [6, 6.07) is 17.9. The Balaban J connectivity index is 1.56. The number of benzene rings is 2. The van der Waals surface area contributed by atoms with Crippen molar-refractivity contribution >= 4 is 33.4 Å². The first-order chi connectivity index (χ1) is 14.4. The Morgan fingerprint density at radius 1 is 1.10 bits per heavy atom. The third-order valence-corrected chi connectivity index (χ3v) is 5.17. The molecule has 0 aliphatic rings. The van der Waals surface area contributed by atoms with Gasteiger partial charge in [0.15, 0.2) is 0 Å². The van der Waals surface area contributed by atoms with E-state index in [0.717, 1.165) is 15.6 Å². The van der Waals surface area contributed by atoms with Crippen molar-refractivity contribution in [3.63, 3.8) is 0 Å². The first kappa shape index (κ1) is 21.7. The van der Waals surface area contributed by atoms with E-state index in [4.69, 9.17) is 5.73 Å². The lowest BCUT2D eigenvalue weighted by molar-refractivity contribution is -0.129. The van der Waals surface area contributed by atoms with Crippen LogP contribution in [0.25, 0.3) is 0 Å². The molecule has 1 heterocycles. The predicted octanol–water partition coefficient (Wildman–Crippen LogP) is 3.80. The second kappa shape index (κ2) is 10.1. The molecule has 0 aliphatic carbocycles. The highest BCUT2D eigenvalue weighted by atomic mass is 79.9. The SMILES string of the molecule is CN(CC(N)c1ccc(C(=O)Nc2ccncc2)cc1)C(=O)Cc1cccc(Br)c1. The van der Waals surface area contributed by atoms with Crippen molar-refractivity contribution in [2.24, 2.45) is 5.73 Å². The van der Waals surface area contributed by atoms with Crippen LogP contribution in [0, 0.1) is 0 Å². The summed E-state index contributed by atoms with van der Waals surface area (Å²) >= 11 is 3.42. The molecule has 0 aliphatic heterocycles. The summed E-state index contributed by atoms with van der Waals surface area (Å²) in [4.78, 5) is 30.4. The van der Waals surface area contributed by atoms with Crippen molar-refractivity contribution < 1.29 is 9.59 Å². The average molecular weight is 467 g/mol. The average Bonchev–Trinajstić information content (AvgIpc) is 2.74. The van der Waals surface area contributed by atoms with E-state index < -0.39 is 0 Å². The minimum atomic E-state index is -0.348. The Kier molecular flexibility index (Phi) is 7.32. The van der Waals surface area contributed by atoms with E-state index >= 15 is 0 Å². The molecular weight excluding hydrogens is 444 g/mol. The number of aromatic nitrogens is 1. The molecular formula is C23H23BrN4O2. The number of hydrogen-bond donors (Lipinski definition) is 2. The molecule has 1 atom stereocenters. The van der Waals surface area contributed by atoms with Crippen LogP contribution in [0.1, 0.15) is 27.5 Å². The van der Waals surface area contributed by atoms with Gasteiger partial charge in [-0.25, -0.2) is 0 Å². The number of nitrogens with zero attached hydrogens (tertiary/aromatic N) is 2. The first-order valence-corrected chi connectivity index (χ1v) is 10.3. The van der Waals surface area contributed by atoms with E-state index in [0.29, 0.717) is 24.2 Å². The van der Waals surface area contributed by atoms with Crippen LogP contribution in [-0.4, -0.2) is 35.3 Å². The number of halogens is 1. The molecule has 7 heteroatoms.